The predicted octanol–water partition coefficient (Wildman–Crippen LogP) is 6.91. The van der Waals surface area contributed by atoms with Gasteiger partial charge < -0.3 is 0 Å². The van der Waals surface area contributed by atoms with E-state index in [-0.39, 0.29) is 0 Å². The van der Waals surface area contributed by atoms with Gasteiger partial charge in [0.25, 0.3) is 0 Å². The van der Waals surface area contributed by atoms with Crippen LogP contribution < -0.4 is 0 Å². The highest BCUT2D eigenvalue weighted by atomic mass is 28.3. The highest BCUT2D eigenvalue weighted by Gasteiger charge is 2.42. The quantitative estimate of drug-likeness (QED) is 0.528. The monoisotopic (exact) mass is 346 g/mol. The summed E-state index contributed by atoms with van der Waals surface area (Å²) in [4.78, 5) is 0. The molecule has 0 heterocycles. The lowest BCUT2D eigenvalue weighted by molar-refractivity contribution is 0.839. The van der Waals surface area contributed by atoms with Crippen molar-refractivity contribution in [2.75, 3.05) is 0 Å². The maximum atomic E-state index is 2.57. The largest absolute Gasteiger partial charge is 0.0887 e. The second kappa shape index (κ2) is 6.80. The topological polar surface area (TPSA) is 0 Å². The van der Waals surface area contributed by atoms with Crippen molar-refractivity contribution in [3.63, 3.8) is 0 Å². The van der Waals surface area contributed by atoms with Crippen molar-refractivity contribution in [1.29, 1.82) is 0 Å². The molecule has 2 aromatic rings. The van der Waals surface area contributed by atoms with E-state index in [2.05, 4.69) is 101 Å². The standard InChI is InChI=1S/C24H30Si/c1-17-18(2)20(4)23(19(17)3)25(5,6)24(21-13-9-7-10-14-21)22-15-11-8-12-16-22/h7-16,19,24H,1-6H3. The van der Waals surface area contributed by atoms with E-state index in [1.807, 2.05) is 0 Å². The lowest BCUT2D eigenvalue weighted by atomic mass is 10.0. The number of rotatable bonds is 4. The van der Waals surface area contributed by atoms with Crippen LogP contribution in [0.15, 0.2) is 82.6 Å². The SMILES string of the molecule is CC1=C(C)C(C)C([Si](C)(C)C(c2ccccc2)c2ccccc2)=C1C. The summed E-state index contributed by atoms with van der Waals surface area (Å²) in [6.45, 7) is 14.5. The van der Waals surface area contributed by atoms with E-state index in [0.29, 0.717) is 11.5 Å². The molecule has 0 aromatic heterocycles. The van der Waals surface area contributed by atoms with E-state index in [9.17, 15) is 0 Å². The molecule has 1 aliphatic carbocycles. The maximum absolute atomic E-state index is 2.57. The summed E-state index contributed by atoms with van der Waals surface area (Å²) in [6, 6.07) is 22.2. The zero-order valence-electron chi connectivity index (χ0n) is 16.4. The van der Waals surface area contributed by atoms with Crippen LogP contribution in [0.3, 0.4) is 0 Å². The molecule has 1 heteroatoms. The van der Waals surface area contributed by atoms with Crippen LogP contribution in [0.5, 0.6) is 0 Å². The van der Waals surface area contributed by atoms with Crippen molar-refractivity contribution in [2.24, 2.45) is 5.92 Å². The van der Waals surface area contributed by atoms with Crippen molar-refractivity contribution < 1.29 is 0 Å². The Bertz CT molecular complexity index is 770. The van der Waals surface area contributed by atoms with E-state index < -0.39 is 8.07 Å². The van der Waals surface area contributed by atoms with Crippen molar-refractivity contribution in [3.05, 3.63) is 93.7 Å². The smallest absolute Gasteiger partial charge is 0.0700 e. The molecule has 0 aliphatic heterocycles. The summed E-state index contributed by atoms with van der Waals surface area (Å²) in [5, 5.41) is 1.74. The summed E-state index contributed by atoms with van der Waals surface area (Å²) in [5.41, 5.74) is 8.04. The van der Waals surface area contributed by atoms with E-state index >= 15 is 0 Å². The molecule has 0 N–H and O–H groups in total. The minimum absolute atomic E-state index is 0.487. The van der Waals surface area contributed by atoms with Crippen molar-refractivity contribution in [3.8, 4) is 0 Å². The number of hydrogen-bond acceptors (Lipinski definition) is 0. The van der Waals surface area contributed by atoms with Crippen LogP contribution in [0.4, 0.5) is 0 Å². The Balaban J connectivity index is 2.17. The zero-order chi connectivity index (χ0) is 18.2. The second-order valence-corrected chi connectivity index (χ2v) is 12.6. The normalized spacial score (nSPS) is 18.4. The summed E-state index contributed by atoms with van der Waals surface area (Å²) in [7, 11) is -1.75. The van der Waals surface area contributed by atoms with Gasteiger partial charge >= 0.3 is 0 Å². The minimum atomic E-state index is -1.75. The van der Waals surface area contributed by atoms with Gasteiger partial charge in [-0.15, -0.1) is 0 Å². The van der Waals surface area contributed by atoms with Crippen molar-refractivity contribution >= 4 is 8.07 Å². The van der Waals surface area contributed by atoms with Gasteiger partial charge in [-0.05, 0) is 43.4 Å². The van der Waals surface area contributed by atoms with E-state index in [1.165, 1.54) is 16.7 Å². The Hall–Kier alpha value is -1.86. The fourth-order valence-corrected chi connectivity index (χ4v) is 9.73. The number of allylic oxidation sites excluding steroid dienone is 4. The van der Waals surface area contributed by atoms with E-state index in [0.717, 1.165) is 0 Å². The fourth-order valence-electron chi connectivity index (χ4n) is 4.88. The first-order valence-electron chi connectivity index (χ1n) is 9.34. The van der Waals surface area contributed by atoms with Crippen LogP contribution in [0.2, 0.25) is 13.1 Å². The molecule has 130 valence electrons. The fraction of sp³-hybridized carbons (Fsp3) is 0.333. The number of benzene rings is 2. The van der Waals surface area contributed by atoms with Crippen LogP contribution in [-0.4, -0.2) is 8.07 Å². The van der Waals surface area contributed by atoms with Gasteiger partial charge in [-0.1, -0.05) is 97.0 Å². The Morgan fingerprint density at radius 2 is 1.16 bits per heavy atom. The second-order valence-electron chi connectivity index (χ2n) is 8.04. The lowest BCUT2D eigenvalue weighted by Crippen LogP contribution is -2.41. The zero-order valence-corrected chi connectivity index (χ0v) is 17.4. The first-order valence-corrected chi connectivity index (χ1v) is 12.4. The van der Waals surface area contributed by atoms with Crippen molar-refractivity contribution in [1.82, 2.24) is 0 Å². The molecular weight excluding hydrogens is 316 g/mol. The van der Waals surface area contributed by atoms with Crippen LogP contribution in [-0.2, 0) is 0 Å². The maximum Gasteiger partial charge on any atom is 0.0887 e. The van der Waals surface area contributed by atoms with Crippen LogP contribution in [0.25, 0.3) is 0 Å². The molecule has 0 saturated heterocycles. The molecule has 3 rings (SSSR count). The average molecular weight is 347 g/mol. The first kappa shape index (κ1) is 17.9. The van der Waals surface area contributed by atoms with Gasteiger partial charge in [-0.3, -0.25) is 0 Å². The lowest BCUT2D eigenvalue weighted by Gasteiger charge is -2.38. The molecule has 1 aliphatic rings. The summed E-state index contributed by atoms with van der Waals surface area (Å²) in [5.74, 6) is 0.580. The Labute approximate surface area is 154 Å². The third kappa shape index (κ3) is 3.06. The van der Waals surface area contributed by atoms with Gasteiger partial charge in [-0.25, -0.2) is 0 Å². The summed E-state index contributed by atoms with van der Waals surface area (Å²) >= 11 is 0. The van der Waals surface area contributed by atoms with E-state index in [4.69, 9.17) is 0 Å². The predicted molar refractivity (Wildman–Crippen MR) is 112 cm³/mol. The van der Waals surface area contributed by atoms with Crippen LogP contribution in [0, 0.1) is 5.92 Å². The first-order chi connectivity index (χ1) is 11.9. The third-order valence-electron chi connectivity index (χ3n) is 6.32. The molecule has 0 fully saturated rings. The Morgan fingerprint density at radius 1 is 0.720 bits per heavy atom. The van der Waals surface area contributed by atoms with Gasteiger partial charge in [-0.2, -0.15) is 0 Å². The average Bonchev–Trinajstić information content (AvgIpc) is 2.80. The molecule has 0 spiro atoms. The Morgan fingerprint density at radius 3 is 1.52 bits per heavy atom. The molecule has 1 atom stereocenters. The van der Waals surface area contributed by atoms with Gasteiger partial charge in [0.15, 0.2) is 0 Å². The molecule has 0 saturated carbocycles. The van der Waals surface area contributed by atoms with E-state index in [1.54, 1.807) is 16.3 Å². The summed E-state index contributed by atoms with van der Waals surface area (Å²) in [6.07, 6.45) is 0. The third-order valence-corrected chi connectivity index (χ3v) is 10.6. The molecule has 25 heavy (non-hydrogen) atoms. The van der Waals surface area contributed by atoms with Crippen LogP contribution >= 0.6 is 0 Å². The van der Waals surface area contributed by atoms with Gasteiger partial charge in [0.1, 0.15) is 0 Å². The van der Waals surface area contributed by atoms with Gasteiger partial charge in [0, 0.05) is 5.54 Å². The molecule has 2 aromatic carbocycles. The molecule has 1 unspecified atom stereocenters. The number of hydrogen-bond donors (Lipinski definition) is 0. The van der Waals surface area contributed by atoms with Crippen molar-refractivity contribution in [2.45, 2.75) is 46.3 Å². The molecule has 0 bridgehead atoms. The van der Waals surface area contributed by atoms with Gasteiger partial charge in [0.2, 0.25) is 0 Å². The Kier molecular flexibility index (Phi) is 4.88. The highest BCUT2D eigenvalue weighted by molar-refractivity contribution is 6.86. The summed E-state index contributed by atoms with van der Waals surface area (Å²) < 4.78 is 0. The van der Waals surface area contributed by atoms with Gasteiger partial charge in [0.05, 0.1) is 8.07 Å². The molecule has 0 nitrogen and oxygen atoms in total. The minimum Gasteiger partial charge on any atom is -0.0700 e. The highest BCUT2D eigenvalue weighted by Crippen LogP contribution is 2.47. The molecule has 0 radical (unpaired) electrons. The van der Waals surface area contributed by atoms with Crippen LogP contribution in [0.1, 0.15) is 44.4 Å². The molecular formula is C24H30Si. The molecule has 0 amide bonds.